The molecule has 0 radical (unpaired) electrons. The Balaban J connectivity index is 0.00000144. The van der Waals surface area contributed by atoms with Crippen LogP contribution in [0.15, 0.2) is 0 Å². The Morgan fingerprint density at radius 3 is 2.23 bits per heavy atom. The van der Waals surface area contributed by atoms with E-state index in [1.165, 1.54) is 25.7 Å². The molecule has 0 spiro atoms. The second-order valence-electron chi connectivity index (χ2n) is 4.78. The fourth-order valence-corrected chi connectivity index (χ4v) is 1.95. The number of carbonyl (C=O) groups excluding carboxylic acids is 1. The highest BCUT2D eigenvalue weighted by molar-refractivity contribution is 5.85. The number of hydrogen-bond acceptors (Lipinski definition) is 1. The summed E-state index contributed by atoms with van der Waals surface area (Å²) in [6.45, 7) is 4.60. The minimum Gasteiger partial charge on any atom is -0.370 e. The Bertz CT molecular complexity index is 170. The summed E-state index contributed by atoms with van der Waals surface area (Å²) in [7, 11) is 0. The summed E-state index contributed by atoms with van der Waals surface area (Å²) in [6.07, 6.45) is 5.43. The lowest BCUT2D eigenvalue weighted by atomic mass is 9.72. The summed E-state index contributed by atoms with van der Waals surface area (Å²) in [6, 6.07) is 0. The Hall–Kier alpha value is -0.240. The van der Waals surface area contributed by atoms with E-state index in [0.717, 1.165) is 0 Å². The molecular formula is C10H20ClNO. The summed E-state index contributed by atoms with van der Waals surface area (Å²) < 4.78 is 0. The van der Waals surface area contributed by atoms with Crippen LogP contribution >= 0.6 is 12.4 Å². The van der Waals surface area contributed by atoms with E-state index in [9.17, 15) is 4.79 Å². The van der Waals surface area contributed by atoms with E-state index >= 15 is 0 Å². The molecule has 1 aliphatic rings. The first-order valence-electron chi connectivity index (χ1n) is 4.78. The zero-order chi connectivity index (χ0) is 9.19. The summed E-state index contributed by atoms with van der Waals surface area (Å²) in [5.41, 5.74) is 5.65. The van der Waals surface area contributed by atoms with Gasteiger partial charge < -0.3 is 5.73 Å². The molecule has 0 aliphatic heterocycles. The van der Waals surface area contributed by atoms with Crippen LogP contribution in [0.5, 0.6) is 0 Å². The predicted octanol–water partition coefficient (Wildman–Crippen LogP) is 2.50. The molecule has 2 nitrogen and oxygen atoms in total. The van der Waals surface area contributed by atoms with Crippen LogP contribution < -0.4 is 5.73 Å². The van der Waals surface area contributed by atoms with Crippen LogP contribution in [0.1, 0.15) is 46.0 Å². The van der Waals surface area contributed by atoms with E-state index in [1.807, 2.05) is 0 Å². The van der Waals surface area contributed by atoms with Crippen LogP contribution in [0.4, 0.5) is 0 Å². The van der Waals surface area contributed by atoms with Gasteiger partial charge in [-0.2, -0.15) is 0 Å². The van der Waals surface area contributed by atoms with E-state index in [0.29, 0.717) is 17.8 Å². The van der Waals surface area contributed by atoms with Gasteiger partial charge >= 0.3 is 0 Å². The number of carbonyl (C=O) groups is 1. The van der Waals surface area contributed by atoms with Gasteiger partial charge in [0.2, 0.25) is 5.91 Å². The lowest BCUT2D eigenvalue weighted by molar-refractivity contribution is -0.119. The maximum atomic E-state index is 10.7. The molecule has 1 rings (SSSR count). The van der Waals surface area contributed by atoms with Crippen molar-refractivity contribution in [3.8, 4) is 0 Å². The number of amides is 1. The van der Waals surface area contributed by atoms with Gasteiger partial charge in [0.1, 0.15) is 0 Å². The second kappa shape index (κ2) is 4.85. The molecule has 3 heteroatoms. The molecule has 0 aromatic heterocycles. The van der Waals surface area contributed by atoms with Gasteiger partial charge in [-0.15, -0.1) is 12.4 Å². The molecule has 0 saturated heterocycles. The fourth-order valence-electron chi connectivity index (χ4n) is 1.95. The van der Waals surface area contributed by atoms with Crippen molar-refractivity contribution in [3.05, 3.63) is 0 Å². The van der Waals surface area contributed by atoms with E-state index in [4.69, 9.17) is 5.73 Å². The summed E-state index contributed by atoms with van der Waals surface area (Å²) >= 11 is 0. The van der Waals surface area contributed by atoms with Crippen LogP contribution in [0.3, 0.4) is 0 Å². The first-order valence-corrected chi connectivity index (χ1v) is 4.78. The number of hydrogen-bond donors (Lipinski definition) is 1. The Morgan fingerprint density at radius 1 is 1.38 bits per heavy atom. The Labute approximate surface area is 86.7 Å². The zero-order valence-corrected chi connectivity index (χ0v) is 9.32. The van der Waals surface area contributed by atoms with Gasteiger partial charge in [0.15, 0.2) is 0 Å². The van der Waals surface area contributed by atoms with Crippen molar-refractivity contribution in [2.24, 2.45) is 17.1 Å². The average molecular weight is 206 g/mol. The van der Waals surface area contributed by atoms with E-state index in [2.05, 4.69) is 13.8 Å². The lowest BCUT2D eigenvalue weighted by Gasteiger charge is -2.33. The van der Waals surface area contributed by atoms with Gasteiger partial charge in [-0.05, 0) is 37.0 Å². The molecule has 78 valence electrons. The van der Waals surface area contributed by atoms with E-state index in [1.54, 1.807) is 0 Å². The van der Waals surface area contributed by atoms with Crippen LogP contribution in [-0.2, 0) is 4.79 Å². The smallest absolute Gasteiger partial charge is 0.217 e. The topological polar surface area (TPSA) is 43.1 Å². The molecule has 0 unspecified atom stereocenters. The van der Waals surface area contributed by atoms with Crippen molar-refractivity contribution in [1.29, 1.82) is 0 Å². The second-order valence-corrected chi connectivity index (χ2v) is 4.78. The third-order valence-corrected chi connectivity index (χ3v) is 2.95. The molecule has 1 aliphatic carbocycles. The van der Waals surface area contributed by atoms with Crippen LogP contribution in [-0.4, -0.2) is 5.91 Å². The minimum absolute atomic E-state index is 0. The lowest BCUT2D eigenvalue weighted by Crippen LogP contribution is -2.24. The van der Waals surface area contributed by atoms with Crippen LogP contribution in [0, 0.1) is 11.3 Å². The number of primary amides is 1. The molecule has 0 aromatic rings. The number of nitrogens with two attached hydrogens (primary N) is 1. The highest BCUT2D eigenvalue weighted by atomic mass is 35.5. The Morgan fingerprint density at radius 2 is 1.85 bits per heavy atom. The highest BCUT2D eigenvalue weighted by Crippen LogP contribution is 2.38. The van der Waals surface area contributed by atoms with Crippen LogP contribution in [0.2, 0.25) is 0 Å². The van der Waals surface area contributed by atoms with E-state index in [-0.39, 0.29) is 18.3 Å². The Kier molecular flexibility index (Phi) is 4.76. The van der Waals surface area contributed by atoms with Gasteiger partial charge in [-0.25, -0.2) is 0 Å². The molecule has 1 fully saturated rings. The van der Waals surface area contributed by atoms with Gasteiger partial charge in [-0.1, -0.05) is 13.8 Å². The molecule has 13 heavy (non-hydrogen) atoms. The maximum Gasteiger partial charge on any atom is 0.217 e. The molecule has 1 amide bonds. The molecule has 0 heterocycles. The minimum atomic E-state index is -0.139. The van der Waals surface area contributed by atoms with Crippen molar-refractivity contribution in [2.75, 3.05) is 0 Å². The normalized spacial score (nSPS) is 22.0. The molecule has 0 bridgehead atoms. The quantitative estimate of drug-likeness (QED) is 0.740. The summed E-state index contributed by atoms with van der Waals surface area (Å²) in [5.74, 6) is 0.426. The fraction of sp³-hybridized carbons (Fsp3) is 0.900. The van der Waals surface area contributed by atoms with Gasteiger partial charge in [0, 0.05) is 6.42 Å². The molecule has 1 saturated carbocycles. The third kappa shape index (κ3) is 4.51. The monoisotopic (exact) mass is 205 g/mol. The average Bonchev–Trinajstić information content (AvgIpc) is 1.93. The standard InChI is InChI=1S/C10H19NO.ClH/c1-10(2)5-3-8(4-6-10)7-9(11)12;/h8H,3-7H2,1-2H3,(H2,11,12);1H. The first-order chi connectivity index (χ1) is 5.49. The van der Waals surface area contributed by atoms with Gasteiger partial charge in [0.25, 0.3) is 0 Å². The van der Waals surface area contributed by atoms with Crippen molar-refractivity contribution in [3.63, 3.8) is 0 Å². The molecule has 0 aromatic carbocycles. The molecule has 2 N–H and O–H groups in total. The predicted molar refractivity (Wildman–Crippen MR) is 56.8 cm³/mol. The summed E-state index contributed by atoms with van der Waals surface area (Å²) in [5, 5.41) is 0. The van der Waals surface area contributed by atoms with Crippen molar-refractivity contribution >= 4 is 18.3 Å². The summed E-state index contributed by atoms with van der Waals surface area (Å²) in [4.78, 5) is 10.7. The molecule has 0 atom stereocenters. The highest BCUT2D eigenvalue weighted by Gasteiger charge is 2.27. The van der Waals surface area contributed by atoms with Crippen LogP contribution in [0.25, 0.3) is 0 Å². The number of rotatable bonds is 2. The third-order valence-electron chi connectivity index (χ3n) is 2.95. The largest absolute Gasteiger partial charge is 0.370 e. The SMILES string of the molecule is CC1(C)CCC(CC(N)=O)CC1.Cl. The van der Waals surface area contributed by atoms with E-state index < -0.39 is 0 Å². The molecular weight excluding hydrogens is 186 g/mol. The first kappa shape index (κ1) is 12.8. The van der Waals surface area contributed by atoms with Crippen molar-refractivity contribution in [1.82, 2.24) is 0 Å². The van der Waals surface area contributed by atoms with Crippen molar-refractivity contribution < 1.29 is 4.79 Å². The number of halogens is 1. The van der Waals surface area contributed by atoms with Gasteiger partial charge in [0.05, 0.1) is 0 Å². The van der Waals surface area contributed by atoms with Gasteiger partial charge in [-0.3, -0.25) is 4.79 Å². The zero-order valence-electron chi connectivity index (χ0n) is 8.51. The maximum absolute atomic E-state index is 10.7. The van der Waals surface area contributed by atoms with Crippen molar-refractivity contribution in [2.45, 2.75) is 46.0 Å².